The zero-order valence-corrected chi connectivity index (χ0v) is 19.1. The van der Waals surface area contributed by atoms with Gasteiger partial charge in [-0.1, -0.05) is 71.9 Å². The van der Waals surface area contributed by atoms with Crippen LogP contribution in [0, 0.1) is 0 Å². The van der Waals surface area contributed by atoms with Crippen LogP contribution in [0.25, 0.3) is 5.70 Å². The number of benzene rings is 2. The number of hydroxylamine groups is 1. The molecule has 0 aromatic heterocycles. The second kappa shape index (κ2) is 8.20. The predicted octanol–water partition coefficient (Wildman–Crippen LogP) is 6.29. The van der Waals surface area contributed by atoms with Crippen molar-refractivity contribution in [2.75, 3.05) is 5.06 Å². The van der Waals surface area contributed by atoms with Gasteiger partial charge in [0.15, 0.2) is 5.78 Å². The first-order valence-corrected chi connectivity index (χ1v) is 10.5. The van der Waals surface area contributed by atoms with E-state index in [0.717, 1.165) is 16.2 Å². The smallest absolute Gasteiger partial charge is 0.188 e. The fraction of sp³-hybridized carbons (Fsp3) is 0.296. The van der Waals surface area contributed by atoms with E-state index in [1.54, 1.807) is 30.4 Å². The van der Waals surface area contributed by atoms with E-state index in [9.17, 15) is 15.1 Å². The van der Waals surface area contributed by atoms with Crippen LogP contribution in [-0.4, -0.2) is 16.1 Å². The Morgan fingerprint density at radius 3 is 1.84 bits per heavy atom. The van der Waals surface area contributed by atoms with Gasteiger partial charge in [-0.3, -0.25) is 10.0 Å². The fourth-order valence-electron chi connectivity index (χ4n) is 3.67. The highest BCUT2D eigenvalue weighted by Gasteiger charge is 2.29. The van der Waals surface area contributed by atoms with Crippen LogP contribution in [0.4, 0.5) is 5.69 Å². The largest absolute Gasteiger partial charge is 0.507 e. The van der Waals surface area contributed by atoms with E-state index in [4.69, 9.17) is 0 Å². The van der Waals surface area contributed by atoms with Crippen molar-refractivity contribution in [3.8, 4) is 5.75 Å². The summed E-state index contributed by atoms with van der Waals surface area (Å²) in [5.74, 6) is 0.0675. The molecule has 0 saturated heterocycles. The van der Waals surface area contributed by atoms with Gasteiger partial charge < -0.3 is 5.11 Å². The first-order chi connectivity index (χ1) is 14.4. The van der Waals surface area contributed by atoms with Gasteiger partial charge in [0, 0.05) is 22.3 Å². The van der Waals surface area contributed by atoms with Crippen molar-refractivity contribution in [3.63, 3.8) is 0 Å². The Balaban J connectivity index is 2.37. The summed E-state index contributed by atoms with van der Waals surface area (Å²) in [7, 11) is 0. The van der Waals surface area contributed by atoms with Crippen LogP contribution in [-0.2, 0) is 15.6 Å². The molecule has 0 amide bonds. The number of phenolic OH excluding ortho intramolecular Hbond substituents is 1. The van der Waals surface area contributed by atoms with Gasteiger partial charge in [0.05, 0.1) is 11.4 Å². The lowest BCUT2D eigenvalue weighted by Crippen LogP contribution is -2.23. The van der Waals surface area contributed by atoms with Crippen molar-refractivity contribution in [3.05, 3.63) is 89.0 Å². The second-order valence-electron chi connectivity index (χ2n) is 9.91. The summed E-state index contributed by atoms with van der Waals surface area (Å²) < 4.78 is 0. The lowest BCUT2D eigenvalue weighted by atomic mass is 9.77. The minimum atomic E-state index is -0.338. The molecule has 0 aliphatic heterocycles. The first-order valence-electron chi connectivity index (χ1n) is 10.5. The second-order valence-corrected chi connectivity index (χ2v) is 9.91. The number of carbonyl (C=O) groups excluding carboxylic acids is 1. The van der Waals surface area contributed by atoms with Gasteiger partial charge in [0.25, 0.3) is 0 Å². The molecule has 0 unspecified atom stereocenters. The van der Waals surface area contributed by atoms with E-state index in [0.29, 0.717) is 22.5 Å². The monoisotopic (exact) mass is 417 g/mol. The number of aromatic hydroxyl groups is 1. The topological polar surface area (TPSA) is 60.8 Å². The normalized spacial score (nSPS) is 15.9. The Bertz CT molecular complexity index is 1040. The molecule has 2 aromatic rings. The molecule has 1 aliphatic rings. The first kappa shape index (κ1) is 22.6. The lowest BCUT2D eigenvalue weighted by Gasteiger charge is -2.30. The average Bonchev–Trinajstić information content (AvgIpc) is 2.69. The van der Waals surface area contributed by atoms with Crippen molar-refractivity contribution in [1.29, 1.82) is 0 Å². The lowest BCUT2D eigenvalue weighted by molar-refractivity contribution is -0.111. The average molecular weight is 418 g/mol. The fourth-order valence-corrected chi connectivity index (χ4v) is 3.67. The number of rotatable bonds is 3. The van der Waals surface area contributed by atoms with E-state index in [1.807, 2.05) is 71.9 Å². The molecule has 0 saturated carbocycles. The van der Waals surface area contributed by atoms with Crippen LogP contribution in [0.1, 0.15) is 58.2 Å². The quantitative estimate of drug-likeness (QED) is 0.455. The van der Waals surface area contributed by atoms with Crippen LogP contribution in [0.2, 0.25) is 0 Å². The molecule has 4 nitrogen and oxygen atoms in total. The van der Waals surface area contributed by atoms with Crippen LogP contribution in [0.15, 0.2) is 72.3 Å². The molecule has 3 rings (SSSR count). The van der Waals surface area contributed by atoms with E-state index in [1.165, 1.54) is 6.08 Å². The zero-order chi connectivity index (χ0) is 23.0. The van der Waals surface area contributed by atoms with Crippen LogP contribution >= 0.6 is 0 Å². The highest BCUT2D eigenvalue weighted by molar-refractivity contribution is 6.13. The summed E-state index contributed by atoms with van der Waals surface area (Å²) in [6.45, 7) is 12.2. The van der Waals surface area contributed by atoms with Gasteiger partial charge in [-0.25, -0.2) is 5.06 Å². The van der Waals surface area contributed by atoms with Gasteiger partial charge in [0.1, 0.15) is 5.75 Å². The van der Waals surface area contributed by atoms with Gasteiger partial charge in [-0.15, -0.1) is 0 Å². The van der Waals surface area contributed by atoms with E-state index in [2.05, 4.69) is 0 Å². The highest BCUT2D eigenvalue weighted by atomic mass is 16.5. The van der Waals surface area contributed by atoms with E-state index >= 15 is 0 Å². The van der Waals surface area contributed by atoms with Crippen molar-refractivity contribution in [1.82, 2.24) is 0 Å². The van der Waals surface area contributed by atoms with Crippen molar-refractivity contribution in [2.24, 2.45) is 0 Å². The molecule has 31 heavy (non-hydrogen) atoms. The molecule has 4 heteroatoms. The van der Waals surface area contributed by atoms with Crippen molar-refractivity contribution in [2.45, 2.75) is 52.4 Å². The summed E-state index contributed by atoms with van der Waals surface area (Å²) in [5, 5.41) is 23.4. The number of para-hydroxylation sites is 1. The minimum absolute atomic E-state index is 0.185. The van der Waals surface area contributed by atoms with Gasteiger partial charge in [-0.2, -0.15) is 0 Å². The molecular formula is C27H31NO3. The maximum Gasteiger partial charge on any atom is 0.188 e. The highest BCUT2D eigenvalue weighted by Crippen LogP contribution is 2.42. The third-order valence-electron chi connectivity index (χ3n) is 5.35. The number of ketones is 1. The number of anilines is 1. The molecule has 0 bridgehead atoms. The Morgan fingerprint density at radius 2 is 1.35 bits per heavy atom. The Morgan fingerprint density at radius 1 is 0.839 bits per heavy atom. The Labute approximate surface area is 184 Å². The Hall–Kier alpha value is -3.11. The molecule has 2 aromatic carbocycles. The Kier molecular flexibility index (Phi) is 5.97. The third-order valence-corrected chi connectivity index (χ3v) is 5.35. The molecule has 0 atom stereocenters. The number of allylic oxidation sites excluding steroid dienone is 5. The maximum absolute atomic E-state index is 12.8. The van der Waals surface area contributed by atoms with Crippen LogP contribution < -0.4 is 5.06 Å². The van der Waals surface area contributed by atoms with Crippen molar-refractivity contribution >= 4 is 17.2 Å². The summed E-state index contributed by atoms with van der Waals surface area (Å²) in [6, 6.07) is 12.8. The van der Waals surface area contributed by atoms with Crippen LogP contribution in [0.5, 0.6) is 5.75 Å². The van der Waals surface area contributed by atoms with Gasteiger partial charge >= 0.3 is 0 Å². The molecule has 0 fully saturated rings. The standard InChI is InChI=1S/C27H31NO3/c1-26(2,3)21-16-18(17-22(25(21)30)27(4,5)6)24(20-14-10-11-15-23(20)29)28(31)19-12-8-7-9-13-19/h7-17,30-31H,1-6H3/b24-20+. The summed E-state index contributed by atoms with van der Waals surface area (Å²) >= 11 is 0. The SMILES string of the molecule is CC(C)(C)c1cc(/C(=C2/C=CC=CC2=O)N(O)c2ccccc2)cc(C(C)(C)C)c1O. The molecule has 2 N–H and O–H groups in total. The molecule has 0 heterocycles. The molecule has 0 radical (unpaired) electrons. The number of hydrogen-bond acceptors (Lipinski definition) is 4. The number of carbonyl (C=O) groups is 1. The summed E-state index contributed by atoms with van der Waals surface area (Å²) in [4.78, 5) is 12.8. The predicted molar refractivity (Wildman–Crippen MR) is 126 cm³/mol. The van der Waals surface area contributed by atoms with Crippen molar-refractivity contribution < 1.29 is 15.1 Å². The van der Waals surface area contributed by atoms with E-state index < -0.39 is 0 Å². The van der Waals surface area contributed by atoms with Gasteiger partial charge in [0.2, 0.25) is 0 Å². The number of nitrogens with zero attached hydrogens (tertiary/aromatic N) is 1. The van der Waals surface area contributed by atoms with Crippen LogP contribution in [0.3, 0.4) is 0 Å². The molecular weight excluding hydrogens is 386 g/mol. The molecule has 1 aliphatic carbocycles. The maximum atomic E-state index is 12.8. The summed E-state index contributed by atoms with van der Waals surface area (Å²) in [5.41, 5.74) is 2.83. The summed E-state index contributed by atoms with van der Waals surface area (Å²) in [6.07, 6.45) is 6.67. The number of phenols is 1. The third kappa shape index (κ3) is 4.64. The number of hydrogen-bond donors (Lipinski definition) is 2. The van der Waals surface area contributed by atoms with Gasteiger partial charge in [-0.05, 0) is 47.2 Å². The molecule has 0 spiro atoms. The van der Waals surface area contributed by atoms with E-state index in [-0.39, 0.29) is 22.4 Å². The molecule has 162 valence electrons. The minimum Gasteiger partial charge on any atom is -0.507 e. The zero-order valence-electron chi connectivity index (χ0n) is 19.1.